The van der Waals surface area contributed by atoms with Gasteiger partial charge in [-0.3, -0.25) is 0 Å². The number of esters is 1. The fraction of sp³-hybridized carbons (Fsp3) is 0.556. The summed E-state index contributed by atoms with van der Waals surface area (Å²) < 4.78 is 32.7. The lowest BCUT2D eigenvalue weighted by Crippen LogP contribution is -2.27. The number of hydrogen-bond donors (Lipinski definition) is 3. The Morgan fingerprint density at radius 1 is 1.67 bits per heavy atom. The molecule has 1 aromatic heterocycles. The minimum Gasteiger partial charge on any atom is -0.462 e. The summed E-state index contributed by atoms with van der Waals surface area (Å²) in [6.07, 6.45) is -4.70. The van der Waals surface area contributed by atoms with Crippen molar-refractivity contribution in [2.24, 2.45) is 0 Å². The molecule has 0 saturated carbocycles. The minimum atomic E-state index is -2.87. The molecule has 1 rings (SSSR count). The van der Waals surface area contributed by atoms with Crippen LogP contribution in [0.25, 0.3) is 0 Å². The number of halogens is 2. The number of aromatic nitrogens is 1. The van der Waals surface area contributed by atoms with E-state index in [1.807, 2.05) is 0 Å². The first-order valence-corrected chi connectivity index (χ1v) is 5.87. The third-order valence-electron chi connectivity index (χ3n) is 1.96. The van der Waals surface area contributed by atoms with Crippen molar-refractivity contribution < 1.29 is 23.4 Å². The van der Waals surface area contributed by atoms with E-state index in [-0.39, 0.29) is 23.0 Å². The number of hydrogen-bond acceptors (Lipinski definition) is 7. The molecule has 1 aromatic rings. The molecule has 0 aliphatic heterocycles. The van der Waals surface area contributed by atoms with Gasteiger partial charge in [0.2, 0.25) is 0 Å². The van der Waals surface area contributed by atoms with Gasteiger partial charge in [-0.15, -0.1) is 0 Å². The summed E-state index contributed by atoms with van der Waals surface area (Å²) in [6, 6.07) is 0. The van der Waals surface area contributed by atoms with Crippen molar-refractivity contribution in [2.45, 2.75) is 19.5 Å². The first-order valence-electron chi connectivity index (χ1n) is 5.09. The van der Waals surface area contributed by atoms with Gasteiger partial charge < -0.3 is 20.9 Å². The highest BCUT2D eigenvalue weighted by atomic mass is 32.1. The normalized spacial score (nSPS) is 12.5. The monoisotopic (exact) mass is 281 g/mol. The number of nitrogen functional groups attached to an aromatic ring is 1. The Hall–Kier alpha value is -1.48. The molecule has 18 heavy (non-hydrogen) atoms. The van der Waals surface area contributed by atoms with Crippen LogP contribution >= 0.6 is 11.5 Å². The van der Waals surface area contributed by atoms with Gasteiger partial charge in [-0.25, -0.2) is 13.6 Å². The minimum absolute atomic E-state index is 0.00307. The molecule has 0 radical (unpaired) electrons. The van der Waals surface area contributed by atoms with Crippen LogP contribution in [0.2, 0.25) is 0 Å². The first kappa shape index (κ1) is 14.6. The summed E-state index contributed by atoms with van der Waals surface area (Å²) in [6.45, 7) is 1.38. The molecule has 0 fully saturated rings. The van der Waals surface area contributed by atoms with Crippen molar-refractivity contribution in [3.63, 3.8) is 0 Å². The van der Waals surface area contributed by atoms with Gasteiger partial charge in [-0.2, -0.15) is 4.37 Å². The van der Waals surface area contributed by atoms with Gasteiger partial charge in [0.05, 0.1) is 6.61 Å². The standard InChI is InChI=1S/C9H13F2N3O3S/c1-2-17-9(16)5-7(12)14-18-8(5)13-3-4(15)6(10)11/h4,6,13,15H,2-3H2,1H3,(H2,12,14). The number of carbonyl (C=O) groups is 1. The van der Waals surface area contributed by atoms with Crippen molar-refractivity contribution in [2.75, 3.05) is 24.2 Å². The highest BCUT2D eigenvalue weighted by Crippen LogP contribution is 2.27. The van der Waals surface area contributed by atoms with Crippen molar-refractivity contribution in [1.82, 2.24) is 4.37 Å². The van der Waals surface area contributed by atoms with E-state index >= 15 is 0 Å². The maximum absolute atomic E-state index is 12.1. The number of aliphatic hydroxyl groups is 1. The summed E-state index contributed by atoms with van der Waals surface area (Å²) in [7, 11) is 0. The Morgan fingerprint density at radius 2 is 2.33 bits per heavy atom. The van der Waals surface area contributed by atoms with Gasteiger partial charge in [-0.1, -0.05) is 0 Å². The van der Waals surface area contributed by atoms with Gasteiger partial charge in [0.1, 0.15) is 16.7 Å². The molecule has 9 heteroatoms. The fourth-order valence-electron chi connectivity index (χ4n) is 1.11. The lowest BCUT2D eigenvalue weighted by Gasteiger charge is -2.11. The molecule has 0 amide bonds. The molecule has 0 spiro atoms. The van der Waals surface area contributed by atoms with Crippen LogP contribution in [0.15, 0.2) is 0 Å². The number of nitrogens with two attached hydrogens (primary N) is 1. The molecule has 1 heterocycles. The third-order valence-corrected chi connectivity index (χ3v) is 2.78. The van der Waals surface area contributed by atoms with Gasteiger partial charge in [-0.05, 0) is 18.5 Å². The second-order valence-corrected chi connectivity index (χ2v) is 4.05. The van der Waals surface area contributed by atoms with Crippen LogP contribution in [0.4, 0.5) is 19.6 Å². The smallest absolute Gasteiger partial charge is 0.344 e. The fourth-order valence-corrected chi connectivity index (χ4v) is 1.82. The molecule has 0 saturated heterocycles. The molecular weight excluding hydrogens is 268 g/mol. The van der Waals surface area contributed by atoms with Crippen LogP contribution in [0.3, 0.4) is 0 Å². The summed E-state index contributed by atoms with van der Waals surface area (Å²) in [5.74, 6) is -0.717. The molecular formula is C9H13F2N3O3S. The molecule has 6 nitrogen and oxygen atoms in total. The third kappa shape index (κ3) is 3.50. The van der Waals surface area contributed by atoms with E-state index in [9.17, 15) is 13.6 Å². The molecule has 4 N–H and O–H groups in total. The van der Waals surface area contributed by atoms with Crippen LogP contribution in [0.5, 0.6) is 0 Å². The van der Waals surface area contributed by atoms with E-state index in [0.29, 0.717) is 0 Å². The van der Waals surface area contributed by atoms with Crippen LogP contribution in [-0.4, -0.2) is 41.1 Å². The van der Waals surface area contributed by atoms with E-state index in [0.717, 1.165) is 11.5 Å². The molecule has 1 atom stereocenters. The Kier molecular flexibility index (Phi) is 5.23. The van der Waals surface area contributed by atoms with Crippen molar-refractivity contribution in [1.29, 1.82) is 0 Å². The Balaban J connectivity index is 2.75. The summed E-state index contributed by atoms with van der Waals surface area (Å²) in [4.78, 5) is 11.5. The van der Waals surface area contributed by atoms with Crippen molar-refractivity contribution >= 4 is 28.3 Å². The lowest BCUT2D eigenvalue weighted by atomic mass is 10.3. The Labute approximate surface area is 106 Å². The maximum atomic E-state index is 12.1. The molecule has 1 unspecified atom stereocenters. The number of nitrogens with zero attached hydrogens (tertiary/aromatic N) is 1. The summed E-state index contributed by atoms with van der Waals surface area (Å²) >= 11 is 0.841. The highest BCUT2D eigenvalue weighted by molar-refractivity contribution is 7.11. The number of ether oxygens (including phenoxy) is 1. The summed E-state index contributed by atoms with van der Waals surface area (Å²) in [5.41, 5.74) is 5.49. The molecule has 0 aromatic carbocycles. The van der Waals surface area contributed by atoms with Gasteiger partial charge in [0, 0.05) is 6.54 Å². The zero-order chi connectivity index (χ0) is 13.7. The van der Waals surface area contributed by atoms with Crippen LogP contribution in [-0.2, 0) is 4.74 Å². The quantitative estimate of drug-likeness (QED) is 0.671. The molecule has 0 aliphatic rings. The van der Waals surface area contributed by atoms with Crippen LogP contribution in [0, 0.1) is 0 Å². The zero-order valence-electron chi connectivity index (χ0n) is 9.52. The number of nitrogens with one attached hydrogen (secondary N) is 1. The molecule has 0 bridgehead atoms. The predicted molar refractivity (Wildman–Crippen MR) is 63.0 cm³/mol. The number of aliphatic hydroxyl groups excluding tert-OH is 1. The zero-order valence-corrected chi connectivity index (χ0v) is 10.3. The second kappa shape index (κ2) is 6.45. The SMILES string of the molecule is CCOC(=O)c1c(N)nsc1NCC(O)C(F)F. The van der Waals surface area contributed by atoms with Crippen molar-refractivity contribution in [3.05, 3.63) is 5.56 Å². The average molecular weight is 281 g/mol. The largest absolute Gasteiger partial charge is 0.462 e. The molecule has 0 aliphatic carbocycles. The van der Waals surface area contributed by atoms with E-state index < -0.39 is 25.0 Å². The number of anilines is 2. The summed E-state index contributed by atoms with van der Waals surface area (Å²) in [5, 5.41) is 11.7. The second-order valence-electron chi connectivity index (χ2n) is 3.28. The lowest BCUT2D eigenvalue weighted by molar-refractivity contribution is 0.00387. The highest BCUT2D eigenvalue weighted by Gasteiger charge is 2.22. The van der Waals surface area contributed by atoms with Gasteiger partial charge in [0.15, 0.2) is 5.82 Å². The van der Waals surface area contributed by atoms with Gasteiger partial charge >= 0.3 is 5.97 Å². The predicted octanol–water partition coefficient (Wildman–Crippen LogP) is 0.940. The molecule has 102 valence electrons. The Bertz CT molecular complexity index is 414. The van der Waals surface area contributed by atoms with E-state index in [1.165, 1.54) is 0 Å². The number of rotatable bonds is 6. The van der Waals surface area contributed by atoms with Crippen molar-refractivity contribution in [3.8, 4) is 0 Å². The van der Waals surface area contributed by atoms with Crippen LogP contribution < -0.4 is 11.1 Å². The average Bonchev–Trinajstić information content (AvgIpc) is 2.67. The van der Waals surface area contributed by atoms with E-state index in [4.69, 9.17) is 15.6 Å². The van der Waals surface area contributed by atoms with E-state index in [1.54, 1.807) is 6.92 Å². The maximum Gasteiger partial charge on any atom is 0.344 e. The van der Waals surface area contributed by atoms with E-state index in [2.05, 4.69) is 9.69 Å². The number of alkyl halides is 2. The van der Waals surface area contributed by atoms with Gasteiger partial charge in [0.25, 0.3) is 6.43 Å². The topological polar surface area (TPSA) is 97.5 Å². The number of carbonyl (C=O) groups excluding carboxylic acids is 1. The van der Waals surface area contributed by atoms with Crippen LogP contribution in [0.1, 0.15) is 17.3 Å². The first-order chi connectivity index (χ1) is 8.47. The Morgan fingerprint density at radius 3 is 2.89 bits per heavy atom.